The van der Waals surface area contributed by atoms with E-state index in [1.807, 2.05) is 18.2 Å². The SMILES string of the molecule is CCc1ccc2oc(-c3ccc(NC(=S)NC(=O)c4ccc(Cl)cc4)cc3O)nc2c1. The van der Waals surface area contributed by atoms with Crippen molar-refractivity contribution in [1.29, 1.82) is 0 Å². The monoisotopic (exact) mass is 451 g/mol. The van der Waals surface area contributed by atoms with Gasteiger partial charge in [0.2, 0.25) is 5.89 Å². The average molecular weight is 452 g/mol. The van der Waals surface area contributed by atoms with E-state index in [0.717, 1.165) is 17.5 Å². The maximum Gasteiger partial charge on any atom is 0.257 e. The van der Waals surface area contributed by atoms with Crippen molar-refractivity contribution in [2.75, 3.05) is 5.32 Å². The summed E-state index contributed by atoms with van der Waals surface area (Å²) in [7, 11) is 0. The summed E-state index contributed by atoms with van der Waals surface area (Å²) in [6.07, 6.45) is 0.901. The second-order valence-electron chi connectivity index (χ2n) is 6.82. The second kappa shape index (κ2) is 8.75. The molecular weight excluding hydrogens is 434 g/mol. The summed E-state index contributed by atoms with van der Waals surface area (Å²) in [4.78, 5) is 16.7. The molecule has 0 aliphatic carbocycles. The van der Waals surface area contributed by atoms with Crippen LogP contribution in [0.4, 0.5) is 5.69 Å². The number of carbonyl (C=O) groups is 1. The number of carbonyl (C=O) groups excluding carboxylic acids is 1. The molecule has 0 fully saturated rings. The number of amides is 1. The molecule has 0 atom stereocenters. The number of aromatic hydroxyl groups is 1. The number of hydrogen-bond donors (Lipinski definition) is 3. The Morgan fingerprint density at radius 3 is 2.61 bits per heavy atom. The van der Waals surface area contributed by atoms with Gasteiger partial charge in [-0.3, -0.25) is 10.1 Å². The molecule has 8 heteroatoms. The summed E-state index contributed by atoms with van der Waals surface area (Å²) in [6.45, 7) is 2.07. The van der Waals surface area contributed by atoms with Gasteiger partial charge in [0.05, 0.1) is 5.56 Å². The van der Waals surface area contributed by atoms with E-state index in [-0.39, 0.29) is 16.8 Å². The van der Waals surface area contributed by atoms with Gasteiger partial charge in [0.25, 0.3) is 5.91 Å². The van der Waals surface area contributed by atoms with Gasteiger partial charge in [0, 0.05) is 22.3 Å². The maximum absolute atomic E-state index is 12.2. The lowest BCUT2D eigenvalue weighted by molar-refractivity contribution is 0.0977. The zero-order chi connectivity index (χ0) is 22.0. The van der Waals surface area contributed by atoms with Crippen LogP contribution < -0.4 is 10.6 Å². The number of benzene rings is 3. The fourth-order valence-electron chi connectivity index (χ4n) is 3.04. The number of aryl methyl sites for hydroxylation is 1. The Bertz CT molecular complexity index is 1290. The summed E-state index contributed by atoms with van der Waals surface area (Å²) < 4.78 is 5.78. The van der Waals surface area contributed by atoms with E-state index in [4.69, 9.17) is 28.2 Å². The second-order valence-corrected chi connectivity index (χ2v) is 7.67. The van der Waals surface area contributed by atoms with Gasteiger partial charge in [-0.2, -0.15) is 0 Å². The quantitative estimate of drug-likeness (QED) is 0.353. The van der Waals surface area contributed by atoms with Crippen molar-refractivity contribution >= 4 is 51.6 Å². The minimum atomic E-state index is -0.368. The third kappa shape index (κ3) is 4.68. The van der Waals surface area contributed by atoms with Gasteiger partial charge in [-0.1, -0.05) is 24.6 Å². The van der Waals surface area contributed by atoms with Crippen LogP contribution >= 0.6 is 23.8 Å². The highest BCUT2D eigenvalue weighted by atomic mass is 35.5. The first-order valence-electron chi connectivity index (χ1n) is 9.53. The molecule has 0 saturated heterocycles. The van der Waals surface area contributed by atoms with Crippen LogP contribution in [0.25, 0.3) is 22.6 Å². The molecule has 31 heavy (non-hydrogen) atoms. The summed E-state index contributed by atoms with van der Waals surface area (Å²) >= 11 is 11.0. The molecule has 1 aromatic heterocycles. The molecule has 4 rings (SSSR count). The Morgan fingerprint density at radius 1 is 1.13 bits per heavy atom. The van der Waals surface area contributed by atoms with Crippen LogP contribution in [0.5, 0.6) is 5.75 Å². The molecule has 0 aliphatic heterocycles. The molecule has 0 saturated carbocycles. The largest absolute Gasteiger partial charge is 0.507 e. The summed E-state index contributed by atoms with van der Waals surface area (Å²) in [5.41, 5.74) is 3.93. The van der Waals surface area contributed by atoms with E-state index >= 15 is 0 Å². The van der Waals surface area contributed by atoms with Crippen molar-refractivity contribution in [3.05, 3.63) is 76.8 Å². The van der Waals surface area contributed by atoms with Gasteiger partial charge in [-0.25, -0.2) is 4.98 Å². The molecule has 4 aromatic rings. The Labute approximate surface area is 188 Å². The number of hydrogen-bond acceptors (Lipinski definition) is 5. The van der Waals surface area contributed by atoms with Crippen LogP contribution in [0, 0.1) is 0 Å². The van der Waals surface area contributed by atoms with Gasteiger partial charge >= 0.3 is 0 Å². The van der Waals surface area contributed by atoms with Gasteiger partial charge in [-0.15, -0.1) is 0 Å². The van der Waals surface area contributed by atoms with E-state index in [2.05, 4.69) is 22.5 Å². The Balaban J connectivity index is 1.47. The summed E-state index contributed by atoms with van der Waals surface area (Å²) in [5.74, 6) is -0.0713. The number of fused-ring (bicyclic) bond motifs is 1. The lowest BCUT2D eigenvalue weighted by Crippen LogP contribution is -2.34. The summed E-state index contributed by atoms with van der Waals surface area (Å²) in [6, 6.07) is 17.2. The van der Waals surface area contributed by atoms with Gasteiger partial charge in [-0.05, 0) is 72.7 Å². The van der Waals surface area contributed by atoms with Crippen molar-refractivity contribution in [3.8, 4) is 17.2 Å². The molecule has 3 aromatic carbocycles. The minimum absolute atomic E-state index is 0.0286. The van der Waals surface area contributed by atoms with Crippen molar-refractivity contribution < 1.29 is 14.3 Å². The third-order valence-electron chi connectivity index (χ3n) is 4.68. The summed E-state index contributed by atoms with van der Waals surface area (Å²) in [5, 5.41) is 16.6. The van der Waals surface area contributed by atoms with Crippen molar-refractivity contribution in [3.63, 3.8) is 0 Å². The lowest BCUT2D eigenvalue weighted by Gasteiger charge is -2.11. The molecule has 0 aliphatic rings. The van der Waals surface area contributed by atoms with Gasteiger partial charge < -0.3 is 14.8 Å². The van der Waals surface area contributed by atoms with Crippen molar-refractivity contribution in [2.24, 2.45) is 0 Å². The Hall–Kier alpha value is -3.42. The first kappa shape index (κ1) is 20.8. The Morgan fingerprint density at radius 2 is 1.90 bits per heavy atom. The fraction of sp³-hybridized carbons (Fsp3) is 0.0870. The number of phenols is 1. The van der Waals surface area contributed by atoms with Crippen molar-refractivity contribution in [1.82, 2.24) is 10.3 Å². The number of halogens is 1. The number of thiocarbonyl (C=S) groups is 1. The highest BCUT2D eigenvalue weighted by Gasteiger charge is 2.14. The highest BCUT2D eigenvalue weighted by Crippen LogP contribution is 2.33. The normalized spacial score (nSPS) is 10.8. The first-order chi connectivity index (χ1) is 14.9. The number of phenolic OH excluding ortho intramolecular Hbond substituents is 1. The maximum atomic E-state index is 12.2. The van der Waals surface area contributed by atoms with E-state index in [9.17, 15) is 9.90 Å². The molecule has 0 bridgehead atoms. The van der Waals surface area contributed by atoms with E-state index < -0.39 is 0 Å². The molecular formula is C23H18ClN3O3S. The van der Waals surface area contributed by atoms with E-state index in [1.54, 1.807) is 36.4 Å². The third-order valence-corrected chi connectivity index (χ3v) is 5.14. The van der Waals surface area contributed by atoms with Crippen LogP contribution in [0.15, 0.2) is 65.1 Å². The number of aromatic nitrogens is 1. The van der Waals surface area contributed by atoms with Crippen LogP contribution in [0.2, 0.25) is 5.02 Å². The zero-order valence-electron chi connectivity index (χ0n) is 16.5. The lowest BCUT2D eigenvalue weighted by atomic mass is 10.1. The molecule has 0 radical (unpaired) electrons. The van der Waals surface area contributed by atoms with Gasteiger partial charge in [0.15, 0.2) is 10.7 Å². The predicted octanol–water partition coefficient (Wildman–Crippen LogP) is 5.54. The fourth-order valence-corrected chi connectivity index (χ4v) is 3.37. The van der Waals surface area contributed by atoms with Crippen LogP contribution in [0.3, 0.4) is 0 Å². The predicted molar refractivity (Wildman–Crippen MR) is 126 cm³/mol. The number of oxazole rings is 1. The zero-order valence-corrected chi connectivity index (χ0v) is 18.1. The van der Waals surface area contributed by atoms with Crippen LogP contribution in [-0.2, 0) is 6.42 Å². The van der Waals surface area contributed by atoms with E-state index in [1.165, 1.54) is 6.07 Å². The van der Waals surface area contributed by atoms with Crippen LogP contribution in [0.1, 0.15) is 22.8 Å². The van der Waals surface area contributed by atoms with Crippen LogP contribution in [-0.4, -0.2) is 21.1 Å². The van der Waals surface area contributed by atoms with Crippen molar-refractivity contribution in [2.45, 2.75) is 13.3 Å². The average Bonchev–Trinajstić information content (AvgIpc) is 3.17. The molecule has 0 spiro atoms. The molecule has 0 unspecified atom stereocenters. The highest BCUT2D eigenvalue weighted by molar-refractivity contribution is 7.80. The standard InChI is InChI=1S/C23H18ClN3O3S/c1-2-13-3-10-20-18(11-13)26-22(30-20)17-9-8-16(12-19(17)28)25-23(31)27-21(29)14-4-6-15(24)7-5-14/h3-12,28H,2H2,1H3,(H2,25,27,29,31). The van der Waals surface area contributed by atoms with Gasteiger partial charge in [0.1, 0.15) is 11.3 Å². The molecule has 156 valence electrons. The molecule has 6 nitrogen and oxygen atoms in total. The molecule has 3 N–H and O–H groups in total. The smallest absolute Gasteiger partial charge is 0.257 e. The Kier molecular flexibility index (Phi) is 5.88. The molecule has 1 amide bonds. The number of anilines is 1. The number of nitrogens with zero attached hydrogens (tertiary/aromatic N) is 1. The molecule has 1 heterocycles. The number of nitrogens with one attached hydrogen (secondary N) is 2. The topological polar surface area (TPSA) is 87.4 Å². The number of rotatable bonds is 4. The van der Waals surface area contributed by atoms with E-state index in [0.29, 0.717) is 33.3 Å². The minimum Gasteiger partial charge on any atom is -0.507 e. The first-order valence-corrected chi connectivity index (χ1v) is 10.3.